The maximum Gasteiger partial charge on any atom is 0.527 e. The Bertz CT molecular complexity index is 447. The summed E-state index contributed by atoms with van der Waals surface area (Å²) in [5.74, 6) is 0.235. The second kappa shape index (κ2) is 3.57. The second-order valence-corrected chi connectivity index (χ2v) is 4.55. The average molecular weight is 231 g/mol. The fourth-order valence-corrected chi connectivity index (χ4v) is 2.20. The predicted octanol–water partition coefficient (Wildman–Crippen LogP) is 0.892. The first-order valence-corrected chi connectivity index (χ1v) is 5.78. The molecule has 1 aliphatic heterocycles. The van der Waals surface area contributed by atoms with Gasteiger partial charge < -0.3 is 9.63 Å². The topological polar surface area (TPSA) is 88.9 Å². The summed E-state index contributed by atoms with van der Waals surface area (Å²) in [5.41, 5.74) is 1.61. The van der Waals surface area contributed by atoms with Crippen LogP contribution in [0.3, 0.4) is 0 Å². The third-order valence-corrected chi connectivity index (χ3v) is 3.02. The lowest BCUT2D eigenvalue weighted by Gasteiger charge is -2.23. The van der Waals surface area contributed by atoms with Crippen molar-refractivity contribution in [1.82, 2.24) is 4.98 Å². The van der Waals surface area contributed by atoms with Crippen molar-refractivity contribution in [2.45, 2.75) is 20.1 Å². The summed E-state index contributed by atoms with van der Waals surface area (Å²) < 4.78 is 20.6. The Balaban J connectivity index is 2.54. The first-order valence-electron chi connectivity index (χ1n) is 4.28. The number of nitrogens with zero attached hydrogens (tertiary/aromatic N) is 1. The van der Waals surface area contributed by atoms with Crippen molar-refractivity contribution in [3.8, 4) is 5.75 Å². The Hall–Kier alpha value is -0.940. The first-order chi connectivity index (χ1) is 7.03. The molecule has 0 bridgehead atoms. The summed E-state index contributed by atoms with van der Waals surface area (Å²) in [6.45, 7) is 1.39. The summed E-state index contributed by atoms with van der Waals surface area (Å²) >= 11 is 0. The number of aliphatic hydroxyl groups is 1. The van der Waals surface area contributed by atoms with E-state index in [-0.39, 0.29) is 19.0 Å². The van der Waals surface area contributed by atoms with Gasteiger partial charge in [0.15, 0.2) is 5.75 Å². The summed E-state index contributed by atoms with van der Waals surface area (Å²) in [6.07, 6.45) is 1.49. The lowest BCUT2D eigenvalue weighted by Crippen LogP contribution is -2.11. The molecule has 82 valence electrons. The zero-order valence-electron chi connectivity index (χ0n) is 8.01. The van der Waals surface area contributed by atoms with Gasteiger partial charge in [-0.15, -0.1) is 0 Å². The molecule has 0 radical (unpaired) electrons. The summed E-state index contributed by atoms with van der Waals surface area (Å²) in [4.78, 5) is 13.1. The van der Waals surface area contributed by atoms with Crippen LogP contribution in [-0.2, 0) is 22.3 Å². The number of aromatic nitrogens is 1. The monoisotopic (exact) mass is 231 g/mol. The molecule has 0 aliphatic carbocycles. The molecule has 6 nitrogen and oxygen atoms in total. The van der Waals surface area contributed by atoms with Crippen LogP contribution in [0.4, 0.5) is 0 Å². The van der Waals surface area contributed by atoms with Crippen LogP contribution in [0.25, 0.3) is 0 Å². The zero-order chi connectivity index (χ0) is 11.1. The Morgan fingerprint density at radius 2 is 2.40 bits per heavy atom. The molecule has 1 unspecified atom stereocenters. The van der Waals surface area contributed by atoms with Crippen LogP contribution in [0, 0.1) is 6.92 Å². The summed E-state index contributed by atoms with van der Waals surface area (Å²) in [7, 11) is -4.00. The third kappa shape index (κ3) is 1.89. The minimum atomic E-state index is -4.00. The number of rotatable bonds is 1. The van der Waals surface area contributed by atoms with Crippen LogP contribution in [-0.4, -0.2) is 15.0 Å². The number of pyridine rings is 1. The van der Waals surface area contributed by atoms with Crippen molar-refractivity contribution in [2.24, 2.45) is 0 Å². The molecule has 0 amide bonds. The number of hydrogen-bond acceptors (Lipinski definition) is 5. The molecule has 1 atom stereocenters. The molecular formula is C8H10NO5P. The van der Waals surface area contributed by atoms with Crippen molar-refractivity contribution in [1.29, 1.82) is 0 Å². The number of aliphatic hydroxyl groups excluding tert-OH is 1. The lowest BCUT2D eigenvalue weighted by atomic mass is 10.1. The van der Waals surface area contributed by atoms with Crippen LogP contribution in [0.2, 0.25) is 0 Å². The molecule has 1 aliphatic rings. The number of fused-ring (bicyclic) bond motifs is 1. The summed E-state index contributed by atoms with van der Waals surface area (Å²) in [6, 6.07) is 0. The number of aryl methyl sites for hydroxylation is 1. The SMILES string of the molecule is Cc1ncc(CO)c2c1OP(=O)(O)OC2. The Kier molecular flexibility index (Phi) is 2.52. The molecule has 1 aromatic heterocycles. The fraction of sp³-hybridized carbons (Fsp3) is 0.375. The maximum absolute atomic E-state index is 11.2. The van der Waals surface area contributed by atoms with Gasteiger partial charge in [-0.1, -0.05) is 0 Å². The Labute approximate surface area is 86.1 Å². The van der Waals surface area contributed by atoms with Gasteiger partial charge in [0.2, 0.25) is 0 Å². The molecule has 0 saturated heterocycles. The molecule has 0 fully saturated rings. The quantitative estimate of drug-likeness (QED) is 0.698. The second-order valence-electron chi connectivity index (χ2n) is 3.17. The van der Waals surface area contributed by atoms with Crippen LogP contribution in [0.5, 0.6) is 5.75 Å². The van der Waals surface area contributed by atoms with E-state index in [0.717, 1.165) is 0 Å². The van der Waals surface area contributed by atoms with Gasteiger partial charge in [-0.25, -0.2) is 4.57 Å². The van der Waals surface area contributed by atoms with Crippen LogP contribution in [0.15, 0.2) is 6.20 Å². The highest BCUT2D eigenvalue weighted by Gasteiger charge is 2.32. The van der Waals surface area contributed by atoms with E-state index in [1.54, 1.807) is 6.92 Å². The van der Waals surface area contributed by atoms with Gasteiger partial charge in [0, 0.05) is 17.3 Å². The largest absolute Gasteiger partial charge is 0.527 e. The summed E-state index contributed by atoms with van der Waals surface area (Å²) in [5, 5.41) is 9.03. The molecule has 7 heteroatoms. The van der Waals surface area contributed by atoms with Crippen molar-refractivity contribution < 1.29 is 23.6 Å². The maximum atomic E-state index is 11.2. The van der Waals surface area contributed by atoms with Gasteiger partial charge in [-0.3, -0.25) is 14.4 Å². The van der Waals surface area contributed by atoms with Gasteiger partial charge in [0.05, 0.1) is 18.9 Å². The van der Waals surface area contributed by atoms with Crippen molar-refractivity contribution in [3.63, 3.8) is 0 Å². The zero-order valence-corrected chi connectivity index (χ0v) is 8.90. The van der Waals surface area contributed by atoms with Gasteiger partial charge in [0.1, 0.15) is 0 Å². The highest BCUT2D eigenvalue weighted by atomic mass is 31.2. The average Bonchev–Trinajstić information content (AvgIpc) is 2.18. The molecule has 0 aromatic carbocycles. The van der Waals surface area contributed by atoms with Gasteiger partial charge in [0.25, 0.3) is 0 Å². The molecule has 0 spiro atoms. The predicted molar refractivity (Wildman–Crippen MR) is 50.1 cm³/mol. The molecule has 15 heavy (non-hydrogen) atoms. The first kappa shape index (κ1) is 10.6. The van der Waals surface area contributed by atoms with E-state index in [1.807, 2.05) is 0 Å². The van der Waals surface area contributed by atoms with Crippen molar-refractivity contribution in [2.75, 3.05) is 0 Å². The number of hydrogen-bond donors (Lipinski definition) is 2. The third-order valence-electron chi connectivity index (χ3n) is 2.15. The van der Waals surface area contributed by atoms with E-state index in [1.165, 1.54) is 6.20 Å². The Morgan fingerprint density at radius 1 is 1.67 bits per heavy atom. The van der Waals surface area contributed by atoms with Crippen molar-refractivity contribution >= 4 is 7.82 Å². The van der Waals surface area contributed by atoms with Crippen molar-refractivity contribution in [3.05, 3.63) is 23.0 Å². The smallest absolute Gasteiger partial charge is 0.402 e. The highest BCUT2D eigenvalue weighted by Crippen LogP contribution is 2.51. The molecule has 0 saturated carbocycles. The van der Waals surface area contributed by atoms with Gasteiger partial charge in [-0.2, -0.15) is 0 Å². The standard InChI is InChI=1S/C8H10NO5P/c1-5-8-7(6(3-10)2-9-5)4-13-15(11,12)14-8/h2,10H,3-4H2,1H3,(H,11,12). The molecular weight excluding hydrogens is 221 g/mol. The van der Waals surface area contributed by atoms with Gasteiger partial charge >= 0.3 is 7.82 Å². The molecule has 2 N–H and O–H groups in total. The van der Waals surface area contributed by atoms with E-state index >= 15 is 0 Å². The van der Waals surface area contributed by atoms with E-state index in [2.05, 4.69) is 9.51 Å². The normalized spacial score (nSPS) is 24.5. The lowest BCUT2D eigenvalue weighted by molar-refractivity contribution is 0.171. The minimum absolute atomic E-state index is 0.0532. The minimum Gasteiger partial charge on any atom is -0.402 e. The van der Waals surface area contributed by atoms with E-state index in [0.29, 0.717) is 16.8 Å². The van der Waals surface area contributed by atoms with Crippen LogP contribution in [0.1, 0.15) is 16.8 Å². The number of phosphoric acid groups is 1. The fourth-order valence-electron chi connectivity index (χ4n) is 1.38. The number of phosphoric ester groups is 1. The molecule has 2 rings (SSSR count). The Morgan fingerprint density at radius 3 is 3.07 bits per heavy atom. The van der Waals surface area contributed by atoms with E-state index in [4.69, 9.17) is 14.5 Å². The molecule has 2 heterocycles. The van der Waals surface area contributed by atoms with Gasteiger partial charge in [-0.05, 0) is 6.92 Å². The van der Waals surface area contributed by atoms with E-state index < -0.39 is 7.82 Å². The molecule has 1 aromatic rings. The van der Waals surface area contributed by atoms with E-state index in [9.17, 15) is 4.57 Å². The van der Waals surface area contributed by atoms with Crippen LogP contribution >= 0.6 is 7.82 Å². The van der Waals surface area contributed by atoms with Crippen LogP contribution < -0.4 is 4.52 Å². The highest BCUT2D eigenvalue weighted by molar-refractivity contribution is 7.47.